The van der Waals surface area contributed by atoms with Gasteiger partial charge in [-0.2, -0.15) is 0 Å². The average Bonchev–Trinajstić information content (AvgIpc) is 2.69. The minimum atomic E-state index is -4.94. The van der Waals surface area contributed by atoms with Gasteiger partial charge in [0, 0.05) is 17.7 Å². The summed E-state index contributed by atoms with van der Waals surface area (Å²) in [7, 11) is -4.94. The Bertz CT molecular complexity index is 1190. The van der Waals surface area contributed by atoms with Crippen LogP contribution in [-0.4, -0.2) is 10.2 Å². The van der Waals surface area contributed by atoms with Crippen LogP contribution < -0.4 is 29.0 Å². The molecule has 3 aromatic carbocycles. The lowest BCUT2D eigenvalue weighted by Crippen LogP contribution is -2.70. The summed E-state index contributed by atoms with van der Waals surface area (Å²) in [5, 5.41) is 20.9. The molecule has 154 valence electrons. The van der Waals surface area contributed by atoms with Crippen LogP contribution in [-0.2, 0) is 0 Å². The van der Waals surface area contributed by atoms with Crippen LogP contribution in [0.4, 0.5) is 5.69 Å². The third-order valence-corrected chi connectivity index (χ3v) is 3.95. The molecule has 30 heavy (non-hydrogen) atoms. The number of halogens is 1. The van der Waals surface area contributed by atoms with Crippen LogP contribution in [0.5, 0.6) is 11.5 Å². The van der Waals surface area contributed by atoms with E-state index in [1.54, 1.807) is 42.5 Å². The van der Waals surface area contributed by atoms with Gasteiger partial charge in [-0.3, -0.25) is 0 Å². The standard InChI is InChI=1S/C21H15NO3.ClHO4/c23-16-8-6-15(7-9-16)22-19-13-21(14-4-2-1-3-5-14)25-20-11-10-17(24)12-18(19)20;2-1(3,4)5/h1-13,23-24H;(H,2,3,4,5). The van der Waals surface area contributed by atoms with E-state index in [0.717, 1.165) is 27.8 Å². The van der Waals surface area contributed by atoms with Gasteiger partial charge in [-0.25, -0.2) is 23.6 Å². The molecule has 1 aromatic heterocycles. The number of phenols is 2. The van der Waals surface area contributed by atoms with Crippen LogP contribution in [0.2, 0.25) is 0 Å². The van der Waals surface area contributed by atoms with Crippen molar-refractivity contribution in [1.29, 1.82) is 0 Å². The molecule has 0 aliphatic rings. The Morgan fingerprint density at radius 2 is 1.33 bits per heavy atom. The van der Waals surface area contributed by atoms with Gasteiger partial charge in [0.2, 0.25) is 11.0 Å². The molecule has 0 fully saturated rings. The van der Waals surface area contributed by atoms with Gasteiger partial charge in [-0.1, -0.05) is 30.3 Å². The quantitative estimate of drug-likeness (QED) is 0.313. The molecule has 4 rings (SSSR count). The highest BCUT2D eigenvalue weighted by Crippen LogP contribution is 2.23. The summed E-state index contributed by atoms with van der Waals surface area (Å²) in [5.74, 6) is 1.10. The number of fused-ring (bicyclic) bond motifs is 1. The number of phenolic OH excluding ortho intramolecular Hbond substituents is 2. The molecule has 3 N–H and O–H groups in total. The van der Waals surface area contributed by atoms with Crippen molar-refractivity contribution < 1.29 is 48.5 Å². The van der Waals surface area contributed by atoms with Crippen molar-refractivity contribution in [2.75, 3.05) is 0 Å². The van der Waals surface area contributed by atoms with Crippen LogP contribution in [0.15, 0.2) is 83.3 Å². The van der Waals surface area contributed by atoms with E-state index in [2.05, 4.69) is 4.99 Å². The minimum absolute atomic E-state index is 0.170. The van der Waals surface area contributed by atoms with Gasteiger partial charge in [0.1, 0.15) is 22.8 Å². The van der Waals surface area contributed by atoms with Gasteiger partial charge in [-0.15, -0.1) is 10.2 Å². The van der Waals surface area contributed by atoms with Gasteiger partial charge in [0.05, 0.1) is 11.5 Å². The van der Waals surface area contributed by atoms with E-state index in [4.69, 9.17) is 23.1 Å². The fraction of sp³-hybridized carbons (Fsp3) is 0. The summed E-state index contributed by atoms with van der Waals surface area (Å²) in [6.07, 6.45) is 0. The summed E-state index contributed by atoms with van der Waals surface area (Å²) in [6, 6.07) is 23.6. The lowest BCUT2D eigenvalue weighted by molar-refractivity contribution is -2.00. The first-order chi connectivity index (χ1) is 14.2. The molecule has 0 aliphatic carbocycles. The molecule has 8 nitrogen and oxygen atoms in total. The number of hydrogen-bond acceptors (Lipinski definition) is 7. The molecule has 4 aromatic rings. The number of benzene rings is 3. The normalized spacial score (nSPS) is 11.8. The first kappa shape index (κ1) is 21.3. The highest BCUT2D eigenvalue weighted by molar-refractivity contribution is 5.79. The molecular formula is C21H16ClNO7. The summed E-state index contributed by atoms with van der Waals surface area (Å²) < 4.78 is 40.0. The van der Waals surface area contributed by atoms with Crippen molar-refractivity contribution in [1.82, 2.24) is 0 Å². The molecule has 0 atom stereocenters. The molecular weight excluding hydrogens is 414 g/mol. The topological polar surface area (TPSA) is 160 Å². The maximum atomic E-state index is 9.84. The van der Waals surface area contributed by atoms with Crippen molar-refractivity contribution in [2.45, 2.75) is 0 Å². The number of hydrogen-bond donors (Lipinski definition) is 3. The van der Waals surface area contributed by atoms with Crippen molar-refractivity contribution in [2.24, 2.45) is 0 Å². The maximum Gasteiger partial charge on any atom is 0.218 e. The Labute approximate surface area is 172 Å². The van der Waals surface area contributed by atoms with Crippen LogP contribution in [0.3, 0.4) is 0 Å². The smallest absolute Gasteiger partial charge is 0.218 e. The number of nitrogens with one attached hydrogen (secondary N) is 1. The van der Waals surface area contributed by atoms with E-state index < -0.39 is 10.2 Å². The molecule has 0 aliphatic heterocycles. The first-order valence-corrected chi connectivity index (χ1v) is 9.75. The van der Waals surface area contributed by atoms with E-state index in [0.29, 0.717) is 5.58 Å². The second-order valence-corrected chi connectivity index (χ2v) is 6.88. The fourth-order valence-corrected chi connectivity index (χ4v) is 2.72. The molecule has 0 bridgehead atoms. The third-order valence-electron chi connectivity index (χ3n) is 3.95. The van der Waals surface area contributed by atoms with Crippen LogP contribution in [0.25, 0.3) is 22.3 Å². The van der Waals surface area contributed by atoms with Gasteiger partial charge in [0.25, 0.3) is 0 Å². The Morgan fingerprint density at radius 1 is 0.733 bits per heavy atom. The summed E-state index contributed by atoms with van der Waals surface area (Å²) in [5.41, 5.74) is 2.46. The molecule has 0 radical (unpaired) electrons. The van der Waals surface area contributed by atoms with Gasteiger partial charge in [0.15, 0.2) is 0 Å². The zero-order chi connectivity index (χ0) is 21.7. The maximum absolute atomic E-state index is 9.84. The minimum Gasteiger partial charge on any atom is -0.508 e. The van der Waals surface area contributed by atoms with E-state index in [9.17, 15) is 10.2 Å². The summed E-state index contributed by atoms with van der Waals surface area (Å²) in [4.78, 5) is 3.33. The van der Waals surface area contributed by atoms with Crippen LogP contribution >= 0.6 is 0 Å². The van der Waals surface area contributed by atoms with Gasteiger partial charge >= 0.3 is 0 Å². The van der Waals surface area contributed by atoms with Gasteiger partial charge < -0.3 is 14.6 Å². The molecule has 0 saturated heterocycles. The number of aromatic hydroxyl groups is 2. The highest BCUT2D eigenvalue weighted by Gasteiger charge is 2.10. The second kappa shape index (κ2) is 8.95. The van der Waals surface area contributed by atoms with Crippen LogP contribution in [0.1, 0.15) is 0 Å². The van der Waals surface area contributed by atoms with E-state index in [1.165, 1.54) is 0 Å². The fourth-order valence-electron chi connectivity index (χ4n) is 2.72. The summed E-state index contributed by atoms with van der Waals surface area (Å²) >= 11 is 0. The van der Waals surface area contributed by atoms with Crippen molar-refractivity contribution in [3.8, 4) is 22.8 Å². The van der Waals surface area contributed by atoms with E-state index in [1.807, 2.05) is 36.4 Å². The Kier molecular flexibility index (Phi) is 6.36. The predicted octanol–water partition coefficient (Wildman–Crippen LogP) is -1.93. The Hall–Kier alpha value is -3.40. The molecule has 0 amide bonds. The summed E-state index contributed by atoms with van der Waals surface area (Å²) in [6.45, 7) is 0. The second-order valence-electron chi connectivity index (χ2n) is 6.12. The van der Waals surface area contributed by atoms with Crippen molar-refractivity contribution in [3.63, 3.8) is 0 Å². The van der Waals surface area contributed by atoms with Crippen LogP contribution in [0, 0.1) is 10.2 Å². The Morgan fingerprint density at radius 3 is 1.97 bits per heavy atom. The predicted molar refractivity (Wildman–Crippen MR) is 95.2 cm³/mol. The zero-order valence-electron chi connectivity index (χ0n) is 15.3. The Balaban J connectivity index is 0.000000461. The van der Waals surface area contributed by atoms with E-state index >= 15 is 0 Å². The monoisotopic (exact) mass is 429 g/mol. The molecule has 0 unspecified atom stereocenters. The number of rotatable bonds is 2. The van der Waals surface area contributed by atoms with Gasteiger partial charge in [-0.05, 0) is 30.3 Å². The zero-order valence-corrected chi connectivity index (χ0v) is 16.1. The molecule has 0 spiro atoms. The largest absolute Gasteiger partial charge is 0.508 e. The van der Waals surface area contributed by atoms with Crippen molar-refractivity contribution >= 4 is 16.7 Å². The molecule has 1 heterocycles. The first-order valence-electron chi connectivity index (χ1n) is 8.52. The average molecular weight is 430 g/mol. The lowest BCUT2D eigenvalue weighted by atomic mass is 10.1. The highest BCUT2D eigenvalue weighted by atomic mass is 35.7. The SMILES string of the molecule is Oc1ccc([NH+]=c2cc(-c3ccccc3)oc3ccc(O)cc23)cc1.[O-][Cl+3]([O-])([O-])[O-]. The third kappa shape index (κ3) is 6.05. The molecule has 0 saturated carbocycles. The van der Waals surface area contributed by atoms with Crippen molar-refractivity contribution in [3.05, 3.63) is 84.2 Å². The van der Waals surface area contributed by atoms with E-state index in [-0.39, 0.29) is 11.5 Å². The molecule has 9 heteroatoms. The lowest BCUT2D eigenvalue weighted by Gasteiger charge is -2.17.